The molecule has 0 saturated heterocycles. The number of nitrogens with two attached hydrogens (primary N) is 1. The van der Waals surface area contributed by atoms with E-state index in [4.69, 9.17) is 10.5 Å². The molecule has 1 aromatic carbocycles. The van der Waals surface area contributed by atoms with E-state index in [0.29, 0.717) is 6.54 Å². The second-order valence-corrected chi connectivity index (χ2v) is 5.37. The molecule has 0 saturated carbocycles. The highest BCUT2D eigenvalue weighted by molar-refractivity contribution is 5.27. The fraction of sp³-hybridized carbons (Fsp3) is 0.600. The molecule has 0 unspecified atom stereocenters. The van der Waals surface area contributed by atoms with E-state index >= 15 is 0 Å². The van der Waals surface area contributed by atoms with Crippen molar-refractivity contribution in [2.24, 2.45) is 11.1 Å². The molecular formula is C15H26N2O. The molecule has 1 rings (SSSR count). The van der Waals surface area contributed by atoms with Crippen molar-refractivity contribution in [1.29, 1.82) is 0 Å². The number of ether oxygens (including phenoxy) is 1. The van der Waals surface area contributed by atoms with Crippen LogP contribution in [-0.4, -0.2) is 26.2 Å². The molecule has 0 radical (unpaired) electrons. The van der Waals surface area contributed by atoms with E-state index in [1.54, 1.807) is 0 Å². The van der Waals surface area contributed by atoms with Gasteiger partial charge in [-0.2, -0.15) is 0 Å². The Kier molecular flexibility index (Phi) is 6.16. The third-order valence-corrected chi connectivity index (χ3v) is 2.98. The van der Waals surface area contributed by atoms with E-state index in [1.807, 2.05) is 19.1 Å². The summed E-state index contributed by atoms with van der Waals surface area (Å²) >= 11 is 0. The van der Waals surface area contributed by atoms with Crippen LogP contribution < -0.4 is 15.8 Å². The first-order valence-corrected chi connectivity index (χ1v) is 6.70. The Bertz CT molecular complexity index is 333. The van der Waals surface area contributed by atoms with Gasteiger partial charge in [-0.15, -0.1) is 0 Å². The van der Waals surface area contributed by atoms with Gasteiger partial charge in [-0.1, -0.05) is 26.0 Å². The summed E-state index contributed by atoms with van der Waals surface area (Å²) in [5, 5.41) is 3.45. The molecule has 102 valence electrons. The van der Waals surface area contributed by atoms with E-state index in [0.717, 1.165) is 31.9 Å². The Morgan fingerprint density at radius 3 is 2.44 bits per heavy atom. The summed E-state index contributed by atoms with van der Waals surface area (Å²) in [5.41, 5.74) is 7.20. The first-order chi connectivity index (χ1) is 8.57. The van der Waals surface area contributed by atoms with Gasteiger partial charge in [0.15, 0.2) is 0 Å². The van der Waals surface area contributed by atoms with Crippen LogP contribution in [0.2, 0.25) is 0 Å². The van der Waals surface area contributed by atoms with Crippen LogP contribution in [0.15, 0.2) is 24.3 Å². The van der Waals surface area contributed by atoms with E-state index in [1.165, 1.54) is 5.56 Å². The Labute approximate surface area is 111 Å². The second-order valence-electron chi connectivity index (χ2n) is 5.37. The summed E-state index contributed by atoms with van der Waals surface area (Å²) in [4.78, 5) is 0. The number of benzene rings is 1. The fourth-order valence-corrected chi connectivity index (χ4v) is 1.65. The van der Waals surface area contributed by atoms with Gasteiger partial charge in [0, 0.05) is 6.54 Å². The Morgan fingerprint density at radius 1 is 1.22 bits per heavy atom. The SMILES string of the molecule is CCOc1ccc(CCNCC(C)(C)CN)cc1. The van der Waals surface area contributed by atoms with Crippen LogP contribution in [0, 0.1) is 5.41 Å². The molecule has 3 nitrogen and oxygen atoms in total. The van der Waals surface area contributed by atoms with Gasteiger partial charge in [-0.05, 0) is 49.5 Å². The van der Waals surface area contributed by atoms with Crippen LogP contribution in [0.5, 0.6) is 5.75 Å². The summed E-state index contributed by atoms with van der Waals surface area (Å²) < 4.78 is 5.42. The molecule has 0 atom stereocenters. The van der Waals surface area contributed by atoms with E-state index in [-0.39, 0.29) is 5.41 Å². The van der Waals surface area contributed by atoms with Gasteiger partial charge in [0.05, 0.1) is 6.61 Å². The average Bonchev–Trinajstić information content (AvgIpc) is 2.37. The highest BCUT2D eigenvalue weighted by Crippen LogP contribution is 2.13. The largest absolute Gasteiger partial charge is 0.494 e. The van der Waals surface area contributed by atoms with Crippen molar-refractivity contribution in [1.82, 2.24) is 5.32 Å². The molecule has 0 aromatic heterocycles. The fourth-order valence-electron chi connectivity index (χ4n) is 1.65. The minimum Gasteiger partial charge on any atom is -0.494 e. The van der Waals surface area contributed by atoms with Crippen molar-refractivity contribution in [2.75, 3.05) is 26.2 Å². The van der Waals surface area contributed by atoms with Crippen molar-refractivity contribution >= 4 is 0 Å². The lowest BCUT2D eigenvalue weighted by Gasteiger charge is -2.22. The summed E-state index contributed by atoms with van der Waals surface area (Å²) in [6.07, 6.45) is 1.03. The maximum absolute atomic E-state index is 5.69. The average molecular weight is 250 g/mol. The highest BCUT2D eigenvalue weighted by Gasteiger charge is 2.13. The third-order valence-electron chi connectivity index (χ3n) is 2.98. The minimum atomic E-state index is 0.179. The number of nitrogens with one attached hydrogen (secondary N) is 1. The van der Waals surface area contributed by atoms with Gasteiger partial charge < -0.3 is 15.8 Å². The molecule has 18 heavy (non-hydrogen) atoms. The van der Waals surface area contributed by atoms with E-state index in [9.17, 15) is 0 Å². The number of rotatable bonds is 8. The lowest BCUT2D eigenvalue weighted by molar-refractivity contribution is 0.340. The smallest absolute Gasteiger partial charge is 0.119 e. The third kappa shape index (κ3) is 5.52. The molecule has 0 aliphatic heterocycles. The Morgan fingerprint density at radius 2 is 1.89 bits per heavy atom. The molecular weight excluding hydrogens is 224 g/mol. The van der Waals surface area contributed by atoms with Gasteiger partial charge >= 0.3 is 0 Å². The van der Waals surface area contributed by atoms with Crippen LogP contribution in [-0.2, 0) is 6.42 Å². The lowest BCUT2D eigenvalue weighted by atomic mass is 9.94. The zero-order valence-electron chi connectivity index (χ0n) is 11.8. The number of hydrogen-bond donors (Lipinski definition) is 2. The molecule has 0 aliphatic carbocycles. The van der Waals surface area contributed by atoms with Gasteiger partial charge in [-0.25, -0.2) is 0 Å². The molecule has 0 spiro atoms. The van der Waals surface area contributed by atoms with Crippen LogP contribution in [0.25, 0.3) is 0 Å². The summed E-state index contributed by atoms with van der Waals surface area (Å²) in [7, 11) is 0. The first kappa shape index (κ1) is 15.0. The van der Waals surface area contributed by atoms with E-state index in [2.05, 4.69) is 31.3 Å². The summed E-state index contributed by atoms with van der Waals surface area (Å²) in [5.74, 6) is 0.943. The highest BCUT2D eigenvalue weighted by atomic mass is 16.5. The van der Waals surface area contributed by atoms with Crippen molar-refractivity contribution in [3.63, 3.8) is 0 Å². The summed E-state index contributed by atoms with van der Waals surface area (Å²) in [6, 6.07) is 8.31. The Hall–Kier alpha value is -1.06. The second kappa shape index (κ2) is 7.39. The molecule has 0 amide bonds. The molecule has 0 bridgehead atoms. The zero-order valence-corrected chi connectivity index (χ0v) is 11.8. The van der Waals surface area contributed by atoms with Gasteiger partial charge in [0.25, 0.3) is 0 Å². The van der Waals surface area contributed by atoms with Crippen molar-refractivity contribution < 1.29 is 4.74 Å². The zero-order chi connectivity index (χ0) is 13.4. The predicted octanol–water partition coefficient (Wildman–Crippen LogP) is 2.20. The molecule has 0 fully saturated rings. The van der Waals surface area contributed by atoms with Crippen LogP contribution in [0.4, 0.5) is 0 Å². The molecule has 0 aliphatic rings. The van der Waals surface area contributed by atoms with E-state index < -0.39 is 0 Å². The first-order valence-electron chi connectivity index (χ1n) is 6.70. The quantitative estimate of drug-likeness (QED) is 0.695. The van der Waals surface area contributed by atoms with Gasteiger partial charge in [0.1, 0.15) is 5.75 Å². The van der Waals surface area contributed by atoms with Crippen LogP contribution in [0.1, 0.15) is 26.3 Å². The minimum absolute atomic E-state index is 0.179. The van der Waals surface area contributed by atoms with Crippen molar-refractivity contribution in [2.45, 2.75) is 27.2 Å². The molecule has 0 heterocycles. The Balaban J connectivity index is 2.27. The normalized spacial score (nSPS) is 11.6. The molecule has 3 N–H and O–H groups in total. The standard InChI is InChI=1S/C15H26N2O/c1-4-18-14-7-5-13(6-8-14)9-10-17-12-15(2,3)11-16/h5-8,17H,4,9-12,16H2,1-3H3. The topological polar surface area (TPSA) is 47.3 Å². The molecule has 1 aromatic rings. The van der Waals surface area contributed by atoms with Crippen molar-refractivity contribution in [3.05, 3.63) is 29.8 Å². The lowest BCUT2D eigenvalue weighted by Crippen LogP contribution is -2.36. The van der Waals surface area contributed by atoms with Gasteiger partial charge in [0.2, 0.25) is 0 Å². The maximum Gasteiger partial charge on any atom is 0.119 e. The van der Waals surface area contributed by atoms with Crippen LogP contribution >= 0.6 is 0 Å². The molecule has 3 heteroatoms. The maximum atomic E-state index is 5.69. The van der Waals surface area contributed by atoms with Crippen LogP contribution in [0.3, 0.4) is 0 Å². The van der Waals surface area contributed by atoms with Gasteiger partial charge in [-0.3, -0.25) is 0 Å². The van der Waals surface area contributed by atoms with Crippen molar-refractivity contribution in [3.8, 4) is 5.75 Å². The monoisotopic (exact) mass is 250 g/mol. The number of hydrogen-bond acceptors (Lipinski definition) is 3. The summed E-state index contributed by atoms with van der Waals surface area (Å²) in [6.45, 7) is 9.72. The predicted molar refractivity (Wildman–Crippen MR) is 77.0 cm³/mol.